The van der Waals surface area contributed by atoms with Crippen LogP contribution in [0.3, 0.4) is 0 Å². The van der Waals surface area contributed by atoms with Gasteiger partial charge in [-0.1, -0.05) is 26.0 Å². The molecule has 0 saturated heterocycles. The normalized spacial score (nSPS) is 27.4. The third-order valence-corrected chi connectivity index (χ3v) is 3.51. The van der Waals surface area contributed by atoms with Gasteiger partial charge >= 0.3 is 0 Å². The van der Waals surface area contributed by atoms with E-state index < -0.39 is 5.41 Å². The zero-order chi connectivity index (χ0) is 11.3. The molecule has 0 radical (unpaired) electrons. The van der Waals surface area contributed by atoms with Crippen molar-refractivity contribution in [2.45, 2.75) is 25.7 Å². The van der Waals surface area contributed by atoms with Gasteiger partial charge in [-0.15, -0.1) is 0 Å². The Morgan fingerprint density at radius 1 is 1.47 bits per heavy atom. The SMILES string of the molecule is CC1(C)CC1(C(=N)N)c1cccc(F)c1. The second-order valence-electron chi connectivity index (χ2n) is 4.89. The first kappa shape index (κ1) is 10.1. The Kier molecular flexibility index (Phi) is 1.90. The zero-order valence-corrected chi connectivity index (χ0v) is 8.97. The van der Waals surface area contributed by atoms with Crippen LogP contribution < -0.4 is 5.73 Å². The van der Waals surface area contributed by atoms with E-state index >= 15 is 0 Å². The van der Waals surface area contributed by atoms with Crippen LogP contribution in [0.15, 0.2) is 24.3 Å². The topological polar surface area (TPSA) is 49.9 Å². The molecular weight excluding hydrogens is 191 g/mol. The monoisotopic (exact) mass is 206 g/mol. The Morgan fingerprint density at radius 3 is 2.47 bits per heavy atom. The van der Waals surface area contributed by atoms with Crippen LogP contribution in [0.4, 0.5) is 4.39 Å². The lowest BCUT2D eigenvalue weighted by atomic mass is 9.87. The standard InChI is InChI=1S/C12H15FN2/c1-11(2)7-12(11,10(14)15)8-4-3-5-9(13)6-8/h3-6H,7H2,1-2H3,(H3,14,15). The number of hydrogen-bond acceptors (Lipinski definition) is 1. The Labute approximate surface area is 88.8 Å². The third kappa shape index (κ3) is 1.26. The molecule has 1 aromatic rings. The summed E-state index contributed by atoms with van der Waals surface area (Å²) < 4.78 is 13.1. The van der Waals surface area contributed by atoms with E-state index in [-0.39, 0.29) is 17.1 Å². The van der Waals surface area contributed by atoms with Crippen LogP contribution >= 0.6 is 0 Å². The average Bonchev–Trinajstić information content (AvgIpc) is 2.71. The lowest BCUT2D eigenvalue weighted by Crippen LogP contribution is -2.32. The van der Waals surface area contributed by atoms with Crippen molar-refractivity contribution in [2.75, 3.05) is 0 Å². The van der Waals surface area contributed by atoms with E-state index in [0.717, 1.165) is 12.0 Å². The number of hydrogen-bond donors (Lipinski definition) is 2. The third-order valence-electron chi connectivity index (χ3n) is 3.51. The van der Waals surface area contributed by atoms with Gasteiger partial charge in [-0.05, 0) is 29.5 Å². The van der Waals surface area contributed by atoms with Gasteiger partial charge in [0.1, 0.15) is 11.7 Å². The van der Waals surface area contributed by atoms with Gasteiger partial charge in [0.25, 0.3) is 0 Å². The van der Waals surface area contributed by atoms with E-state index in [1.165, 1.54) is 12.1 Å². The Bertz CT molecular complexity index is 425. The highest BCUT2D eigenvalue weighted by Crippen LogP contribution is 2.64. The molecule has 2 rings (SSSR count). The second kappa shape index (κ2) is 2.81. The largest absolute Gasteiger partial charge is 0.387 e. The van der Waals surface area contributed by atoms with Crippen molar-refractivity contribution < 1.29 is 4.39 Å². The molecule has 0 aromatic heterocycles. The minimum Gasteiger partial charge on any atom is -0.387 e. The summed E-state index contributed by atoms with van der Waals surface area (Å²) >= 11 is 0. The highest BCUT2D eigenvalue weighted by Gasteiger charge is 2.64. The Balaban J connectivity index is 2.50. The van der Waals surface area contributed by atoms with Gasteiger partial charge < -0.3 is 5.73 Å². The van der Waals surface area contributed by atoms with Gasteiger partial charge in [-0.3, -0.25) is 5.41 Å². The van der Waals surface area contributed by atoms with E-state index in [2.05, 4.69) is 13.8 Å². The van der Waals surface area contributed by atoms with Crippen molar-refractivity contribution in [1.82, 2.24) is 0 Å². The van der Waals surface area contributed by atoms with Crippen molar-refractivity contribution in [3.8, 4) is 0 Å². The molecule has 2 nitrogen and oxygen atoms in total. The maximum atomic E-state index is 13.1. The van der Waals surface area contributed by atoms with Crippen molar-refractivity contribution >= 4 is 5.84 Å². The summed E-state index contributed by atoms with van der Waals surface area (Å²) in [7, 11) is 0. The molecule has 1 atom stereocenters. The number of amidine groups is 1. The molecule has 80 valence electrons. The smallest absolute Gasteiger partial charge is 0.123 e. The van der Waals surface area contributed by atoms with Gasteiger partial charge in [0.2, 0.25) is 0 Å². The predicted molar refractivity (Wildman–Crippen MR) is 58.4 cm³/mol. The lowest BCUT2D eigenvalue weighted by molar-refractivity contribution is 0.571. The van der Waals surface area contributed by atoms with Crippen molar-refractivity contribution in [3.63, 3.8) is 0 Å². The molecule has 1 unspecified atom stereocenters. The summed E-state index contributed by atoms with van der Waals surface area (Å²) in [6, 6.07) is 6.41. The first-order valence-electron chi connectivity index (χ1n) is 5.01. The van der Waals surface area contributed by atoms with Crippen molar-refractivity contribution in [2.24, 2.45) is 11.1 Å². The first-order valence-corrected chi connectivity index (χ1v) is 5.01. The van der Waals surface area contributed by atoms with Crippen LogP contribution in [0, 0.1) is 16.6 Å². The first-order chi connectivity index (χ1) is 6.90. The number of rotatable bonds is 2. The zero-order valence-electron chi connectivity index (χ0n) is 8.97. The van der Waals surface area contributed by atoms with Crippen LogP contribution in [0.1, 0.15) is 25.8 Å². The maximum absolute atomic E-state index is 13.1. The highest BCUT2D eigenvalue weighted by atomic mass is 19.1. The molecule has 3 N–H and O–H groups in total. The molecule has 1 saturated carbocycles. The summed E-state index contributed by atoms with van der Waals surface area (Å²) in [5.74, 6) is -0.131. The molecule has 1 fully saturated rings. The Morgan fingerprint density at radius 2 is 2.07 bits per heavy atom. The molecular formula is C12H15FN2. The van der Waals surface area contributed by atoms with Crippen LogP contribution in [0.2, 0.25) is 0 Å². The van der Waals surface area contributed by atoms with Crippen molar-refractivity contribution in [1.29, 1.82) is 5.41 Å². The lowest BCUT2D eigenvalue weighted by Gasteiger charge is -2.19. The summed E-state index contributed by atoms with van der Waals surface area (Å²) in [4.78, 5) is 0. The Hall–Kier alpha value is -1.38. The molecule has 1 aliphatic carbocycles. The fourth-order valence-electron chi connectivity index (χ4n) is 2.48. The van der Waals surface area contributed by atoms with E-state index in [1.807, 2.05) is 6.07 Å². The van der Waals surface area contributed by atoms with Crippen LogP contribution in [-0.2, 0) is 5.41 Å². The average molecular weight is 206 g/mol. The summed E-state index contributed by atoms with van der Waals surface area (Å²) in [6.45, 7) is 4.11. The highest BCUT2D eigenvalue weighted by molar-refractivity contribution is 5.93. The quantitative estimate of drug-likeness (QED) is 0.566. The molecule has 0 aliphatic heterocycles. The molecule has 0 heterocycles. The summed E-state index contributed by atoms with van der Waals surface area (Å²) in [5, 5.41) is 7.68. The predicted octanol–water partition coefficient (Wildman–Crippen LogP) is 2.43. The number of benzene rings is 1. The van der Waals surface area contributed by atoms with Gasteiger partial charge in [0.15, 0.2) is 0 Å². The van der Waals surface area contributed by atoms with E-state index in [1.54, 1.807) is 6.07 Å². The molecule has 1 aromatic carbocycles. The van der Waals surface area contributed by atoms with Crippen molar-refractivity contribution in [3.05, 3.63) is 35.6 Å². The van der Waals surface area contributed by atoms with Gasteiger partial charge in [0.05, 0.1) is 5.41 Å². The van der Waals surface area contributed by atoms with Gasteiger partial charge in [0, 0.05) is 0 Å². The van der Waals surface area contributed by atoms with E-state index in [0.29, 0.717) is 0 Å². The van der Waals surface area contributed by atoms with Gasteiger partial charge in [-0.2, -0.15) is 0 Å². The minimum atomic E-state index is -0.449. The molecule has 0 spiro atoms. The second-order valence-corrected chi connectivity index (χ2v) is 4.89. The van der Waals surface area contributed by atoms with Crippen LogP contribution in [0.5, 0.6) is 0 Å². The fourth-order valence-corrected chi connectivity index (χ4v) is 2.48. The molecule has 1 aliphatic rings. The van der Waals surface area contributed by atoms with E-state index in [4.69, 9.17) is 11.1 Å². The number of halogens is 1. The molecule has 0 amide bonds. The summed E-state index contributed by atoms with van der Waals surface area (Å²) in [6.07, 6.45) is 0.818. The minimum absolute atomic E-state index is 0.0351. The molecule has 3 heteroatoms. The number of nitrogens with two attached hydrogens (primary N) is 1. The maximum Gasteiger partial charge on any atom is 0.123 e. The summed E-state index contributed by atoms with van der Waals surface area (Å²) in [5.41, 5.74) is 5.99. The van der Waals surface area contributed by atoms with Crippen LogP contribution in [-0.4, -0.2) is 5.84 Å². The van der Waals surface area contributed by atoms with Gasteiger partial charge in [-0.25, -0.2) is 4.39 Å². The molecule has 15 heavy (non-hydrogen) atoms. The van der Waals surface area contributed by atoms with Crippen LogP contribution in [0.25, 0.3) is 0 Å². The van der Waals surface area contributed by atoms with E-state index in [9.17, 15) is 4.39 Å². The fraction of sp³-hybridized carbons (Fsp3) is 0.417. The molecule has 0 bridgehead atoms. The number of nitrogens with one attached hydrogen (secondary N) is 1.